The van der Waals surface area contributed by atoms with E-state index >= 15 is 0 Å². The van der Waals surface area contributed by atoms with Gasteiger partial charge in [0.1, 0.15) is 0 Å². The van der Waals surface area contributed by atoms with Crippen molar-refractivity contribution < 1.29 is 14.4 Å². The molecule has 0 rings (SSSR count). The van der Waals surface area contributed by atoms with Crippen LogP contribution in [-0.2, 0) is 4.57 Å². The normalized spacial score (nSPS) is 12.3. The van der Waals surface area contributed by atoms with Gasteiger partial charge < -0.3 is 9.79 Å². The second-order valence-electron chi connectivity index (χ2n) is 3.92. The molecule has 0 spiro atoms. The first-order valence-electron chi connectivity index (χ1n) is 5.99. The number of rotatable bonds is 10. The molecule has 6 heteroatoms. The molecule has 0 atom stereocenters. The van der Waals surface area contributed by atoms with Crippen molar-refractivity contribution in [2.45, 2.75) is 52.4 Å². The summed E-state index contributed by atoms with van der Waals surface area (Å²) in [5.41, 5.74) is 0. The smallest absolute Gasteiger partial charge is 0.316 e. The molecule has 0 aliphatic carbocycles. The molecule has 0 heterocycles. The molecule has 0 radical (unpaired) electrons. The van der Waals surface area contributed by atoms with E-state index < -0.39 is 6.80 Å². The van der Waals surface area contributed by atoms with E-state index in [0.29, 0.717) is 11.6 Å². The Bertz CT molecular complexity index is 200. The highest BCUT2D eigenvalue weighted by Crippen LogP contribution is 2.52. The third-order valence-electron chi connectivity index (χ3n) is 2.24. The molecule has 4 nitrogen and oxygen atoms in total. The molecular formula is C10H24NO3PS. The van der Waals surface area contributed by atoms with Crippen LogP contribution in [0.4, 0.5) is 0 Å². The van der Waals surface area contributed by atoms with Gasteiger partial charge in [0.15, 0.2) is 0 Å². The Labute approximate surface area is 103 Å². The van der Waals surface area contributed by atoms with Crippen molar-refractivity contribution in [3.63, 3.8) is 0 Å². The Hall–Kier alpha value is 0.460. The Morgan fingerprint density at radius 3 is 1.75 bits per heavy atom. The Morgan fingerprint density at radius 2 is 1.44 bits per heavy atom. The molecule has 0 bridgehead atoms. The van der Waals surface area contributed by atoms with Gasteiger partial charge in [0, 0.05) is 24.7 Å². The van der Waals surface area contributed by atoms with Gasteiger partial charge in [0.2, 0.25) is 0 Å². The van der Waals surface area contributed by atoms with Crippen LogP contribution in [0, 0.1) is 0 Å². The highest BCUT2D eigenvalue weighted by atomic mass is 32.7. The lowest BCUT2D eigenvalue weighted by atomic mass is 10.2. The minimum absolute atomic E-state index is 0.703. The summed E-state index contributed by atoms with van der Waals surface area (Å²) in [5.74, 6) is 0. The summed E-state index contributed by atoms with van der Waals surface area (Å²) < 4.78 is 12.7. The van der Waals surface area contributed by atoms with Crippen molar-refractivity contribution in [1.29, 1.82) is 0 Å². The molecule has 0 aromatic rings. The molecule has 0 aliphatic heterocycles. The predicted octanol–water partition coefficient (Wildman–Crippen LogP) is 3.41. The summed E-state index contributed by atoms with van der Waals surface area (Å²) in [4.78, 5) is 17.9. The fourth-order valence-corrected chi connectivity index (χ4v) is 3.53. The van der Waals surface area contributed by atoms with E-state index in [1.165, 1.54) is 0 Å². The van der Waals surface area contributed by atoms with Crippen molar-refractivity contribution in [3.05, 3.63) is 0 Å². The summed E-state index contributed by atoms with van der Waals surface area (Å²) >= 11 is 0.703. The molecule has 0 saturated heterocycles. The number of hydrogen-bond donors (Lipinski definition) is 2. The van der Waals surface area contributed by atoms with E-state index in [0.717, 1.165) is 51.6 Å². The van der Waals surface area contributed by atoms with Gasteiger partial charge in [-0.05, 0) is 12.8 Å². The molecule has 0 fully saturated rings. The molecule has 0 aliphatic rings. The van der Waals surface area contributed by atoms with E-state index in [9.17, 15) is 4.57 Å². The van der Waals surface area contributed by atoms with Crippen LogP contribution in [0.2, 0.25) is 0 Å². The minimum Gasteiger partial charge on any atom is -0.316 e. The van der Waals surface area contributed by atoms with Crippen LogP contribution in [0.15, 0.2) is 0 Å². The predicted molar refractivity (Wildman–Crippen MR) is 70.3 cm³/mol. The summed E-state index contributed by atoms with van der Waals surface area (Å²) in [6, 6.07) is 0. The second-order valence-corrected chi connectivity index (χ2v) is 7.49. The first-order chi connectivity index (χ1) is 7.49. The molecule has 0 saturated carbocycles. The van der Waals surface area contributed by atoms with Gasteiger partial charge in [0.05, 0.1) is 0 Å². The third kappa shape index (κ3) is 11.0. The van der Waals surface area contributed by atoms with Crippen LogP contribution in [0.1, 0.15) is 52.4 Å². The van der Waals surface area contributed by atoms with E-state index in [2.05, 4.69) is 13.8 Å². The Morgan fingerprint density at radius 1 is 1.00 bits per heavy atom. The van der Waals surface area contributed by atoms with Crippen molar-refractivity contribution in [2.24, 2.45) is 0 Å². The summed E-state index contributed by atoms with van der Waals surface area (Å²) in [5, 5.41) is 0. The fourth-order valence-electron chi connectivity index (χ4n) is 1.42. The van der Waals surface area contributed by atoms with Crippen molar-refractivity contribution in [1.82, 2.24) is 4.31 Å². The van der Waals surface area contributed by atoms with Crippen molar-refractivity contribution in [3.8, 4) is 0 Å². The maximum Gasteiger partial charge on any atom is 0.398 e. The zero-order valence-electron chi connectivity index (χ0n) is 10.3. The molecule has 0 amide bonds. The number of unbranched alkanes of at least 4 members (excludes halogenated alkanes) is 4. The SMILES string of the molecule is CCCCCN(CCCCC)SP(=O)(O)O. The van der Waals surface area contributed by atoms with E-state index in [-0.39, 0.29) is 0 Å². The zero-order valence-corrected chi connectivity index (χ0v) is 12.0. The Balaban J connectivity index is 3.90. The van der Waals surface area contributed by atoms with Gasteiger partial charge in [-0.25, -0.2) is 8.87 Å². The maximum atomic E-state index is 10.9. The fraction of sp³-hybridized carbons (Fsp3) is 1.00. The van der Waals surface area contributed by atoms with Crippen LogP contribution in [-0.4, -0.2) is 27.2 Å². The number of nitrogens with zero attached hydrogens (tertiary/aromatic N) is 1. The highest BCUT2D eigenvalue weighted by molar-refractivity contribution is 8.53. The molecular weight excluding hydrogens is 245 g/mol. The van der Waals surface area contributed by atoms with Crippen LogP contribution >= 0.6 is 18.4 Å². The lowest BCUT2D eigenvalue weighted by molar-refractivity contribution is 0.388. The van der Waals surface area contributed by atoms with Gasteiger partial charge >= 0.3 is 6.80 Å². The second kappa shape index (κ2) is 9.49. The highest BCUT2D eigenvalue weighted by Gasteiger charge is 2.19. The standard InChI is InChI=1S/C10H24NO3PS/c1-3-5-7-9-11(10-8-6-4-2)16-15(12,13)14/h3-10H2,1-2H3,(H2,12,13,14). The monoisotopic (exact) mass is 269 g/mol. The van der Waals surface area contributed by atoms with Crippen molar-refractivity contribution >= 4 is 18.4 Å². The average molecular weight is 269 g/mol. The van der Waals surface area contributed by atoms with Crippen LogP contribution < -0.4 is 0 Å². The first-order valence-corrected chi connectivity index (χ1v) is 8.99. The zero-order chi connectivity index (χ0) is 12.4. The van der Waals surface area contributed by atoms with Gasteiger partial charge in [-0.1, -0.05) is 39.5 Å². The lowest BCUT2D eigenvalue weighted by Gasteiger charge is -2.20. The van der Waals surface area contributed by atoms with Crippen LogP contribution in [0.3, 0.4) is 0 Å². The third-order valence-corrected chi connectivity index (χ3v) is 4.38. The molecule has 0 aromatic carbocycles. The Kier molecular flexibility index (Phi) is 9.76. The molecule has 0 unspecified atom stereocenters. The average Bonchev–Trinajstić information content (AvgIpc) is 2.16. The van der Waals surface area contributed by atoms with Crippen molar-refractivity contribution in [2.75, 3.05) is 13.1 Å². The molecule has 98 valence electrons. The first kappa shape index (κ1) is 16.5. The number of hydrogen-bond acceptors (Lipinski definition) is 3. The maximum absolute atomic E-state index is 10.9. The largest absolute Gasteiger partial charge is 0.398 e. The van der Waals surface area contributed by atoms with Crippen LogP contribution in [0.5, 0.6) is 0 Å². The van der Waals surface area contributed by atoms with Gasteiger partial charge in [-0.2, -0.15) is 0 Å². The van der Waals surface area contributed by atoms with Crippen LogP contribution in [0.25, 0.3) is 0 Å². The van der Waals surface area contributed by atoms with Gasteiger partial charge in [-0.3, -0.25) is 0 Å². The summed E-state index contributed by atoms with van der Waals surface area (Å²) in [7, 11) is 0. The lowest BCUT2D eigenvalue weighted by Crippen LogP contribution is -2.18. The van der Waals surface area contributed by atoms with Gasteiger partial charge in [0.25, 0.3) is 0 Å². The van der Waals surface area contributed by atoms with E-state index in [1.54, 1.807) is 0 Å². The summed E-state index contributed by atoms with van der Waals surface area (Å²) in [6.45, 7) is 1.81. The van der Waals surface area contributed by atoms with E-state index in [4.69, 9.17) is 9.79 Å². The molecule has 2 N–H and O–H groups in total. The minimum atomic E-state index is -3.98. The molecule has 0 aromatic heterocycles. The topological polar surface area (TPSA) is 60.8 Å². The van der Waals surface area contributed by atoms with E-state index in [1.807, 2.05) is 4.31 Å². The summed E-state index contributed by atoms with van der Waals surface area (Å²) in [6.07, 6.45) is 6.51. The molecule has 16 heavy (non-hydrogen) atoms. The van der Waals surface area contributed by atoms with Gasteiger partial charge in [-0.15, -0.1) is 0 Å². The quantitative estimate of drug-likeness (QED) is 0.361.